The molecule has 0 saturated carbocycles. The zero-order chi connectivity index (χ0) is 15.6. The summed E-state index contributed by atoms with van der Waals surface area (Å²) in [6.07, 6.45) is 2.43. The summed E-state index contributed by atoms with van der Waals surface area (Å²) in [5.74, 6) is 1.48. The summed E-state index contributed by atoms with van der Waals surface area (Å²) in [4.78, 5) is 1.11. The van der Waals surface area contributed by atoms with Crippen molar-refractivity contribution in [3.05, 3.63) is 17.5 Å². The average molecular weight is 339 g/mol. The van der Waals surface area contributed by atoms with Gasteiger partial charge in [0.2, 0.25) is 0 Å². The first-order valence-corrected chi connectivity index (χ1v) is 9.33. The van der Waals surface area contributed by atoms with Crippen molar-refractivity contribution in [3.63, 3.8) is 0 Å². The minimum Gasteiger partial charge on any atom is -0.390 e. The van der Waals surface area contributed by atoms with E-state index in [-0.39, 0.29) is 6.10 Å². The molecule has 2 aromatic rings. The molecule has 3 heterocycles. The van der Waals surface area contributed by atoms with Crippen LogP contribution in [0.2, 0.25) is 0 Å². The van der Waals surface area contributed by atoms with Gasteiger partial charge in [0.25, 0.3) is 0 Å². The lowest BCUT2D eigenvalue weighted by molar-refractivity contribution is 0.0952. The van der Waals surface area contributed by atoms with E-state index in [1.165, 1.54) is 0 Å². The highest BCUT2D eigenvalue weighted by Crippen LogP contribution is 2.30. The Balaban J connectivity index is 1.85. The number of aromatic nitrogens is 3. The molecule has 0 aromatic carbocycles. The Bertz CT molecular complexity index is 599. The Kier molecular flexibility index (Phi) is 4.87. The number of nitrogens with zero attached hydrogens (tertiary/aromatic N) is 3. The molecule has 5 nitrogen and oxygen atoms in total. The predicted octanol–water partition coefficient (Wildman–Crippen LogP) is 3.05. The molecular formula is C15H21N3O2S2. The Morgan fingerprint density at radius 2 is 2.36 bits per heavy atom. The number of thiophene rings is 1. The Labute approximate surface area is 138 Å². The topological polar surface area (TPSA) is 60.2 Å². The molecule has 0 bridgehead atoms. The first kappa shape index (κ1) is 16.0. The quantitative estimate of drug-likeness (QED) is 0.820. The molecule has 1 unspecified atom stereocenters. The number of rotatable bonds is 6. The fourth-order valence-electron chi connectivity index (χ4n) is 2.38. The van der Waals surface area contributed by atoms with Gasteiger partial charge in [-0.3, -0.25) is 4.57 Å². The summed E-state index contributed by atoms with van der Waals surface area (Å²) in [7, 11) is 0. The van der Waals surface area contributed by atoms with Crippen molar-refractivity contribution in [2.24, 2.45) is 0 Å². The number of aliphatic hydroxyl groups is 1. The van der Waals surface area contributed by atoms with Crippen LogP contribution in [0, 0.1) is 0 Å². The highest BCUT2D eigenvalue weighted by atomic mass is 32.2. The molecule has 1 fully saturated rings. The van der Waals surface area contributed by atoms with Gasteiger partial charge in [0, 0.05) is 12.4 Å². The lowest BCUT2D eigenvalue weighted by Crippen LogP contribution is -2.22. The maximum absolute atomic E-state index is 9.94. The summed E-state index contributed by atoms with van der Waals surface area (Å²) >= 11 is 3.21. The van der Waals surface area contributed by atoms with Crippen LogP contribution in [0.25, 0.3) is 10.7 Å². The predicted molar refractivity (Wildman–Crippen MR) is 89.3 cm³/mol. The van der Waals surface area contributed by atoms with Gasteiger partial charge < -0.3 is 9.84 Å². The molecular weight excluding hydrogens is 318 g/mol. The standard InChI is InChI=1S/C15H21N3O2S2/c1-15(2,19)10-22-14-17-16-13(12-6-4-8-21-12)18(14)9-11-5-3-7-20-11/h4,6,8,11,19H,3,5,7,9-10H2,1-2H3. The molecule has 7 heteroatoms. The molecule has 22 heavy (non-hydrogen) atoms. The highest BCUT2D eigenvalue weighted by molar-refractivity contribution is 7.99. The SMILES string of the molecule is CC(C)(O)CSc1nnc(-c2cccs2)n1CC1CCCO1. The third kappa shape index (κ3) is 3.90. The summed E-state index contributed by atoms with van der Waals surface area (Å²) in [5, 5.41) is 21.5. The summed E-state index contributed by atoms with van der Waals surface area (Å²) in [5.41, 5.74) is -0.728. The van der Waals surface area contributed by atoms with Gasteiger partial charge in [-0.15, -0.1) is 21.5 Å². The van der Waals surface area contributed by atoms with Crippen LogP contribution < -0.4 is 0 Å². The van der Waals surface area contributed by atoms with Gasteiger partial charge in [-0.2, -0.15) is 0 Å². The second kappa shape index (κ2) is 6.70. The Morgan fingerprint density at radius 1 is 1.50 bits per heavy atom. The average Bonchev–Trinajstić information content (AvgIpc) is 3.17. The summed E-state index contributed by atoms with van der Waals surface area (Å²) in [6, 6.07) is 4.08. The smallest absolute Gasteiger partial charge is 0.191 e. The van der Waals surface area contributed by atoms with E-state index in [2.05, 4.69) is 20.8 Å². The third-order valence-corrected chi connectivity index (χ3v) is 5.70. The van der Waals surface area contributed by atoms with Gasteiger partial charge in [-0.1, -0.05) is 17.8 Å². The van der Waals surface area contributed by atoms with E-state index >= 15 is 0 Å². The van der Waals surface area contributed by atoms with Crippen LogP contribution in [0.4, 0.5) is 0 Å². The largest absolute Gasteiger partial charge is 0.390 e. The van der Waals surface area contributed by atoms with Crippen LogP contribution in [0.15, 0.2) is 22.7 Å². The normalized spacial score (nSPS) is 19.0. The Hall–Kier alpha value is -0.890. The van der Waals surface area contributed by atoms with E-state index in [1.807, 2.05) is 11.4 Å². The van der Waals surface area contributed by atoms with Gasteiger partial charge in [-0.05, 0) is 38.1 Å². The molecule has 0 spiro atoms. The number of hydrogen-bond acceptors (Lipinski definition) is 6. The lowest BCUT2D eigenvalue weighted by atomic mass is 10.2. The molecule has 0 aliphatic carbocycles. The number of hydrogen-bond donors (Lipinski definition) is 1. The van der Waals surface area contributed by atoms with E-state index in [0.29, 0.717) is 5.75 Å². The van der Waals surface area contributed by atoms with Crippen molar-refractivity contribution in [3.8, 4) is 10.7 Å². The number of thioether (sulfide) groups is 1. The van der Waals surface area contributed by atoms with Crippen molar-refractivity contribution in [2.75, 3.05) is 12.4 Å². The minimum atomic E-state index is -0.728. The molecule has 1 atom stereocenters. The van der Waals surface area contributed by atoms with Crippen molar-refractivity contribution >= 4 is 23.1 Å². The van der Waals surface area contributed by atoms with Gasteiger partial charge in [0.15, 0.2) is 11.0 Å². The van der Waals surface area contributed by atoms with Gasteiger partial charge in [0.1, 0.15) is 0 Å². The molecule has 2 aromatic heterocycles. The molecule has 1 aliphatic heterocycles. The summed E-state index contributed by atoms with van der Waals surface area (Å²) in [6.45, 7) is 5.23. The van der Waals surface area contributed by atoms with Gasteiger partial charge in [0.05, 0.1) is 23.1 Å². The molecule has 120 valence electrons. The van der Waals surface area contributed by atoms with Crippen LogP contribution in [0.5, 0.6) is 0 Å². The van der Waals surface area contributed by atoms with Crippen molar-refractivity contribution < 1.29 is 9.84 Å². The minimum absolute atomic E-state index is 0.233. The van der Waals surface area contributed by atoms with E-state index in [4.69, 9.17) is 4.74 Å². The Morgan fingerprint density at radius 3 is 3.00 bits per heavy atom. The molecule has 1 saturated heterocycles. The maximum atomic E-state index is 9.94. The maximum Gasteiger partial charge on any atom is 0.191 e. The third-order valence-electron chi connectivity index (χ3n) is 3.42. The second-order valence-electron chi connectivity index (χ2n) is 6.13. The van der Waals surface area contributed by atoms with Gasteiger partial charge >= 0.3 is 0 Å². The summed E-state index contributed by atoms with van der Waals surface area (Å²) < 4.78 is 7.90. The highest BCUT2D eigenvalue weighted by Gasteiger charge is 2.23. The molecule has 1 N–H and O–H groups in total. The van der Waals surface area contributed by atoms with E-state index in [9.17, 15) is 5.11 Å². The van der Waals surface area contributed by atoms with Crippen LogP contribution >= 0.6 is 23.1 Å². The van der Waals surface area contributed by atoms with E-state index in [1.54, 1.807) is 36.9 Å². The first-order valence-electron chi connectivity index (χ1n) is 7.47. The lowest BCUT2D eigenvalue weighted by Gasteiger charge is -2.17. The monoisotopic (exact) mass is 339 g/mol. The molecule has 0 amide bonds. The van der Waals surface area contributed by atoms with Gasteiger partial charge in [-0.25, -0.2) is 0 Å². The van der Waals surface area contributed by atoms with Crippen LogP contribution in [0.3, 0.4) is 0 Å². The van der Waals surface area contributed by atoms with Crippen molar-refractivity contribution in [1.82, 2.24) is 14.8 Å². The molecule has 1 aliphatic rings. The fraction of sp³-hybridized carbons (Fsp3) is 0.600. The zero-order valence-corrected chi connectivity index (χ0v) is 14.5. The van der Waals surface area contributed by atoms with Crippen LogP contribution in [-0.2, 0) is 11.3 Å². The zero-order valence-electron chi connectivity index (χ0n) is 12.9. The second-order valence-corrected chi connectivity index (χ2v) is 8.02. The van der Waals surface area contributed by atoms with Crippen LogP contribution in [0.1, 0.15) is 26.7 Å². The molecule has 0 radical (unpaired) electrons. The van der Waals surface area contributed by atoms with Crippen LogP contribution in [-0.4, -0.2) is 43.9 Å². The molecule has 3 rings (SSSR count). The number of ether oxygens (including phenoxy) is 1. The van der Waals surface area contributed by atoms with E-state index in [0.717, 1.165) is 41.9 Å². The van der Waals surface area contributed by atoms with Crippen molar-refractivity contribution in [1.29, 1.82) is 0 Å². The van der Waals surface area contributed by atoms with E-state index < -0.39 is 5.60 Å². The van der Waals surface area contributed by atoms with Crippen molar-refractivity contribution in [2.45, 2.75) is 50.1 Å². The first-order chi connectivity index (χ1) is 10.5. The fourth-order valence-corrected chi connectivity index (χ4v) is 4.00.